The van der Waals surface area contributed by atoms with Gasteiger partial charge in [0.2, 0.25) is 0 Å². The van der Waals surface area contributed by atoms with Crippen molar-refractivity contribution < 1.29 is 30.0 Å². The van der Waals surface area contributed by atoms with Crippen molar-refractivity contribution in [2.45, 2.75) is 37.4 Å². The first-order valence-electron chi connectivity index (χ1n) is 5.95. The van der Waals surface area contributed by atoms with Gasteiger partial charge in [0, 0.05) is 0 Å². The van der Waals surface area contributed by atoms with Gasteiger partial charge < -0.3 is 25.2 Å². The Morgan fingerprint density at radius 2 is 1.74 bits per heavy atom. The fraction of sp³-hybridized carbons (Fsp3) is 0.462. The zero-order valence-electron chi connectivity index (χ0n) is 10.3. The number of hydrogen-bond donors (Lipinski definition) is 4. The lowest BCUT2D eigenvalue weighted by Crippen LogP contribution is -2.53. The number of carbonyl (C=O) groups is 1. The summed E-state index contributed by atoms with van der Waals surface area (Å²) in [5, 5.41) is 38.4. The molecule has 0 spiro atoms. The minimum Gasteiger partial charge on any atom is -0.478 e. The van der Waals surface area contributed by atoms with E-state index >= 15 is 0 Å². The van der Waals surface area contributed by atoms with Crippen LogP contribution in [0.3, 0.4) is 0 Å². The third kappa shape index (κ3) is 2.48. The zero-order valence-corrected chi connectivity index (χ0v) is 10.3. The molecule has 0 aliphatic carbocycles. The van der Waals surface area contributed by atoms with Crippen molar-refractivity contribution in [2.24, 2.45) is 0 Å². The Kier molecular flexibility index (Phi) is 3.86. The van der Waals surface area contributed by atoms with Gasteiger partial charge >= 0.3 is 5.97 Å². The van der Waals surface area contributed by atoms with E-state index in [9.17, 15) is 20.1 Å². The summed E-state index contributed by atoms with van der Waals surface area (Å²) in [7, 11) is 0. The molecule has 6 heteroatoms. The summed E-state index contributed by atoms with van der Waals surface area (Å²) >= 11 is 0. The van der Waals surface area contributed by atoms with Crippen LogP contribution in [0.25, 0.3) is 0 Å². The zero-order chi connectivity index (χ0) is 14.2. The highest BCUT2D eigenvalue weighted by Crippen LogP contribution is 2.33. The van der Waals surface area contributed by atoms with Gasteiger partial charge in [-0.15, -0.1) is 0 Å². The van der Waals surface area contributed by atoms with Crippen LogP contribution in [0.2, 0.25) is 0 Å². The van der Waals surface area contributed by atoms with Gasteiger partial charge in [0.05, 0.1) is 11.7 Å². The van der Waals surface area contributed by atoms with E-state index in [4.69, 9.17) is 9.84 Å². The summed E-state index contributed by atoms with van der Waals surface area (Å²) in [6.07, 6.45) is -5.66. The first kappa shape index (κ1) is 14.0. The second-order valence-electron chi connectivity index (χ2n) is 4.63. The summed E-state index contributed by atoms with van der Waals surface area (Å²) in [6, 6.07) is 6.11. The topological polar surface area (TPSA) is 107 Å². The van der Waals surface area contributed by atoms with Crippen molar-refractivity contribution in [3.8, 4) is 0 Å². The monoisotopic (exact) mass is 268 g/mol. The van der Waals surface area contributed by atoms with Crippen molar-refractivity contribution in [1.82, 2.24) is 0 Å². The molecule has 0 aromatic heterocycles. The second kappa shape index (κ2) is 5.26. The van der Waals surface area contributed by atoms with Crippen molar-refractivity contribution in [2.75, 3.05) is 0 Å². The van der Waals surface area contributed by atoms with Crippen LogP contribution < -0.4 is 0 Å². The Labute approximate surface area is 109 Å². The maximum atomic E-state index is 11.1. The number of carboxylic acids is 1. The Balaban J connectivity index is 2.39. The number of carboxylic acid groups (broad SMARTS) is 1. The van der Waals surface area contributed by atoms with Crippen molar-refractivity contribution in [3.63, 3.8) is 0 Å². The molecular weight excluding hydrogens is 252 g/mol. The molecule has 5 atom stereocenters. The highest BCUT2D eigenvalue weighted by Gasteiger charge is 2.43. The normalized spacial score (nSPS) is 35.1. The fourth-order valence-corrected chi connectivity index (χ4v) is 2.25. The minimum atomic E-state index is -1.38. The summed E-state index contributed by atoms with van der Waals surface area (Å²) in [5.74, 6) is -1.14. The molecular formula is C13H16O6. The molecule has 0 saturated carbocycles. The standard InChI is InChI=1S/C13H16O6/c1-6-9(14)10(15)11(16)12(19-6)7-4-2-3-5-8(7)13(17)18/h2-6,9-12,14-16H,1H3,(H,17,18)/t6-,9-,10+,11+,12?/m0/s1. The van der Waals surface area contributed by atoms with Crippen LogP contribution in [0, 0.1) is 0 Å². The first-order chi connectivity index (χ1) is 8.93. The fourth-order valence-electron chi connectivity index (χ4n) is 2.25. The predicted molar refractivity (Wildman–Crippen MR) is 64.7 cm³/mol. The molecule has 6 nitrogen and oxygen atoms in total. The summed E-state index contributed by atoms with van der Waals surface area (Å²) < 4.78 is 5.43. The van der Waals surface area contributed by atoms with Gasteiger partial charge in [-0.3, -0.25) is 0 Å². The maximum Gasteiger partial charge on any atom is 0.336 e. The average Bonchev–Trinajstić information content (AvgIpc) is 2.40. The van der Waals surface area contributed by atoms with Crippen LogP contribution in [0.5, 0.6) is 0 Å². The smallest absolute Gasteiger partial charge is 0.336 e. The van der Waals surface area contributed by atoms with Gasteiger partial charge in [-0.2, -0.15) is 0 Å². The van der Waals surface area contributed by atoms with Crippen LogP contribution in [-0.2, 0) is 4.74 Å². The number of aliphatic hydroxyl groups excluding tert-OH is 3. The molecule has 1 saturated heterocycles. The largest absolute Gasteiger partial charge is 0.478 e. The van der Waals surface area contributed by atoms with Crippen LogP contribution in [0.4, 0.5) is 0 Å². The number of rotatable bonds is 2. The molecule has 1 fully saturated rings. The first-order valence-corrected chi connectivity index (χ1v) is 5.95. The van der Waals surface area contributed by atoms with Crippen LogP contribution in [0.1, 0.15) is 28.9 Å². The highest BCUT2D eigenvalue weighted by atomic mass is 16.5. The summed E-state index contributed by atoms with van der Waals surface area (Å²) in [5.41, 5.74) is 0.280. The quantitative estimate of drug-likeness (QED) is 0.598. The maximum absolute atomic E-state index is 11.1. The number of aromatic carboxylic acids is 1. The molecule has 104 valence electrons. The number of aliphatic hydroxyl groups is 3. The van der Waals surface area contributed by atoms with Crippen molar-refractivity contribution in [3.05, 3.63) is 35.4 Å². The van der Waals surface area contributed by atoms with E-state index in [-0.39, 0.29) is 11.1 Å². The molecule has 1 aliphatic heterocycles. The predicted octanol–water partition coefficient (Wildman–Crippen LogP) is -0.0727. The molecule has 0 radical (unpaired) electrons. The number of ether oxygens (including phenoxy) is 1. The Bertz CT molecular complexity index is 474. The van der Waals surface area contributed by atoms with Crippen LogP contribution in [0.15, 0.2) is 24.3 Å². The molecule has 4 N–H and O–H groups in total. The molecule has 1 aromatic carbocycles. The van der Waals surface area contributed by atoms with Gasteiger partial charge in [-0.25, -0.2) is 4.79 Å². The second-order valence-corrected chi connectivity index (χ2v) is 4.63. The molecule has 1 aliphatic rings. The third-order valence-corrected chi connectivity index (χ3v) is 3.35. The van der Waals surface area contributed by atoms with Gasteiger partial charge in [0.25, 0.3) is 0 Å². The molecule has 0 bridgehead atoms. The SMILES string of the molecule is C[C@@H]1OC(c2ccccc2C(=O)O)[C@H](O)[C@H](O)[C@H]1O. The molecule has 0 amide bonds. The van der Waals surface area contributed by atoms with Gasteiger partial charge in [-0.05, 0) is 18.6 Å². The van der Waals surface area contributed by atoms with E-state index in [0.29, 0.717) is 0 Å². The van der Waals surface area contributed by atoms with Gasteiger partial charge in [0.1, 0.15) is 24.4 Å². The van der Waals surface area contributed by atoms with Crippen LogP contribution >= 0.6 is 0 Å². The van der Waals surface area contributed by atoms with E-state index in [1.807, 2.05) is 0 Å². The molecule has 19 heavy (non-hydrogen) atoms. The Morgan fingerprint density at radius 1 is 1.11 bits per heavy atom. The Morgan fingerprint density at radius 3 is 2.37 bits per heavy atom. The minimum absolute atomic E-state index is 0.00217. The summed E-state index contributed by atoms with van der Waals surface area (Å²) in [4.78, 5) is 11.1. The van der Waals surface area contributed by atoms with Crippen LogP contribution in [-0.4, -0.2) is 50.8 Å². The lowest BCUT2D eigenvalue weighted by Gasteiger charge is -2.39. The number of hydrogen-bond acceptors (Lipinski definition) is 5. The van der Waals surface area contributed by atoms with E-state index in [2.05, 4.69) is 0 Å². The van der Waals surface area contributed by atoms with E-state index in [0.717, 1.165) is 0 Å². The molecule has 2 rings (SSSR count). The number of benzene rings is 1. The summed E-state index contributed by atoms with van der Waals surface area (Å²) in [6.45, 7) is 1.55. The Hall–Kier alpha value is -1.47. The molecule has 1 unspecified atom stereocenters. The average molecular weight is 268 g/mol. The van der Waals surface area contributed by atoms with Crippen molar-refractivity contribution in [1.29, 1.82) is 0 Å². The molecule has 1 aromatic rings. The van der Waals surface area contributed by atoms with Gasteiger partial charge in [0.15, 0.2) is 0 Å². The van der Waals surface area contributed by atoms with Gasteiger partial charge in [-0.1, -0.05) is 18.2 Å². The lowest BCUT2D eigenvalue weighted by atomic mass is 9.89. The van der Waals surface area contributed by atoms with E-state index in [1.165, 1.54) is 12.1 Å². The third-order valence-electron chi connectivity index (χ3n) is 3.35. The van der Waals surface area contributed by atoms with Crippen molar-refractivity contribution >= 4 is 5.97 Å². The van der Waals surface area contributed by atoms with E-state index < -0.39 is 36.5 Å². The van der Waals surface area contributed by atoms with E-state index in [1.54, 1.807) is 19.1 Å². The molecule has 1 heterocycles. The highest BCUT2D eigenvalue weighted by molar-refractivity contribution is 5.89. The lowest BCUT2D eigenvalue weighted by molar-refractivity contribution is -0.219.